The molecule has 5 rings (SSSR count). The minimum Gasteiger partial charge on any atom is -0.478 e. The molecule has 0 radical (unpaired) electrons. The van der Waals surface area contributed by atoms with Crippen molar-refractivity contribution in [1.82, 2.24) is 0 Å². The molecule has 1 aromatic rings. The number of Topliss-reactive ketones (excluding diaryl/α,β-unsaturated/α-hetero) is 1. The summed E-state index contributed by atoms with van der Waals surface area (Å²) in [6, 6.07) is 8.30. The monoisotopic (exact) mass is 412 g/mol. The van der Waals surface area contributed by atoms with Crippen molar-refractivity contribution in [3.8, 4) is 0 Å². The van der Waals surface area contributed by atoms with Crippen LogP contribution in [0.3, 0.4) is 0 Å². The smallest absolute Gasteiger partial charge is 0.335 e. The molecule has 0 spiro atoms. The normalized spacial score (nSPS) is 42.2. The number of ketones is 1. The number of hydrogen-bond donors (Lipinski definition) is 2. The molecule has 0 bridgehead atoms. The van der Waals surface area contributed by atoms with Crippen LogP contribution < -0.4 is 0 Å². The molecule has 1 aromatic carbocycles. The molecular weight excluding hydrogens is 376 g/mol. The zero-order chi connectivity index (χ0) is 21.5. The maximum Gasteiger partial charge on any atom is 0.335 e. The van der Waals surface area contributed by atoms with Gasteiger partial charge >= 0.3 is 5.97 Å². The van der Waals surface area contributed by atoms with Crippen LogP contribution in [0.25, 0.3) is 0 Å². The molecule has 4 saturated carbocycles. The fraction of sp³-hybridized carbons (Fsp3) is 0.692. The standard InChI is InChI=1S/C19H30O2.C7H6O2/c1-18-9-7-13(20)11-12(18)3-4-14-15-5-6-17(21)19(15,2)10-8-16(14)18;8-7(9)6-4-2-1-3-5-6/h12,14-17,21H,3-11H2,1-2H3;1-5H,(H,8,9)/t12-,14-,15-,16-,17-,18-,19-;/m0./s1. The van der Waals surface area contributed by atoms with Gasteiger partial charge < -0.3 is 10.2 Å². The first-order valence-corrected chi connectivity index (χ1v) is 11.7. The Hall–Kier alpha value is -1.68. The highest BCUT2D eigenvalue weighted by Gasteiger charge is 2.59. The van der Waals surface area contributed by atoms with E-state index in [9.17, 15) is 14.7 Å². The molecule has 4 aliphatic rings. The Morgan fingerprint density at radius 2 is 1.63 bits per heavy atom. The van der Waals surface area contributed by atoms with Crippen LogP contribution in [0.2, 0.25) is 0 Å². The Balaban J connectivity index is 0.000000204. The van der Waals surface area contributed by atoms with Crippen LogP contribution in [-0.2, 0) is 4.79 Å². The number of benzene rings is 1. The van der Waals surface area contributed by atoms with Gasteiger partial charge in [-0.2, -0.15) is 0 Å². The van der Waals surface area contributed by atoms with Gasteiger partial charge in [0, 0.05) is 12.8 Å². The van der Waals surface area contributed by atoms with E-state index in [4.69, 9.17) is 5.11 Å². The van der Waals surface area contributed by atoms with Gasteiger partial charge in [0.1, 0.15) is 5.78 Å². The largest absolute Gasteiger partial charge is 0.478 e. The molecular formula is C26H36O4. The van der Waals surface area contributed by atoms with Crippen LogP contribution in [0.5, 0.6) is 0 Å². The number of aliphatic hydroxyl groups excluding tert-OH is 1. The van der Waals surface area contributed by atoms with E-state index < -0.39 is 5.97 Å². The number of hydrogen-bond acceptors (Lipinski definition) is 3. The predicted octanol–water partition coefficient (Wildman–Crippen LogP) is 5.34. The van der Waals surface area contributed by atoms with E-state index >= 15 is 0 Å². The number of aromatic carboxylic acids is 1. The second-order valence-corrected chi connectivity index (χ2v) is 10.7. The van der Waals surface area contributed by atoms with Crippen molar-refractivity contribution in [2.75, 3.05) is 0 Å². The SMILES string of the molecule is C[C@]12CCC(=O)C[C@@H]1CC[C@@H]1[C@@H]2CC[C@]2(C)[C@@H](O)CC[C@@H]12.O=C(O)c1ccccc1. The average molecular weight is 413 g/mol. The molecule has 4 heteroatoms. The molecule has 0 aromatic heterocycles. The van der Waals surface area contributed by atoms with E-state index in [1.165, 1.54) is 32.1 Å². The second-order valence-electron chi connectivity index (χ2n) is 10.7. The van der Waals surface area contributed by atoms with Gasteiger partial charge in [-0.1, -0.05) is 32.0 Å². The lowest BCUT2D eigenvalue weighted by molar-refractivity contribution is -0.141. The number of fused-ring (bicyclic) bond motifs is 5. The van der Waals surface area contributed by atoms with Crippen molar-refractivity contribution in [2.45, 2.75) is 77.7 Å². The van der Waals surface area contributed by atoms with Gasteiger partial charge in [-0.15, -0.1) is 0 Å². The van der Waals surface area contributed by atoms with Gasteiger partial charge in [-0.25, -0.2) is 4.79 Å². The third-order valence-electron chi connectivity index (χ3n) is 9.45. The van der Waals surface area contributed by atoms with E-state index in [0.717, 1.165) is 43.4 Å². The van der Waals surface area contributed by atoms with Crippen LogP contribution in [0.1, 0.15) is 82.0 Å². The highest BCUT2D eigenvalue weighted by Crippen LogP contribution is 2.65. The first-order chi connectivity index (χ1) is 14.3. The molecule has 0 amide bonds. The van der Waals surface area contributed by atoms with E-state index in [-0.39, 0.29) is 11.5 Å². The van der Waals surface area contributed by atoms with Crippen LogP contribution >= 0.6 is 0 Å². The summed E-state index contributed by atoms with van der Waals surface area (Å²) in [4.78, 5) is 22.1. The minimum atomic E-state index is -0.879. The summed E-state index contributed by atoms with van der Waals surface area (Å²) in [6.45, 7) is 4.85. The van der Waals surface area contributed by atoms with Gasteiger partial charge in [0.2, 0.25) is 0 Å². The van der Waals surface area contributed by atoms with Gasteiger partial charge in [0.25, 0.3) is 0 Å². The molecule has 0 heterocycles. The Morgan fingerprint density at radius 1 is 0.933 bits per heavy atom. The first-order valence-electron chi connectivity index (χ1n) is 11.7. The highest BCUT2D eigenvalue weighted by molar-refractivity contribution is 5.87. The molecule has 0 aliphatic heterocycles. The quantitative estimate of drug-likeness (QED) is 0.652. The summed E-state index contributed by atoms with van der Waals surface area (Å²) in [6.07, 6.45) is 10.0. The molecule has 4 fully saturated rings. The van der Waals surface area contributed by atoms with E-state index in [0.29, 0.717) is 22.7 Å². The molecule has 4 nitrogen and oxygen atoms in total. The van der Waals surface area contributed by atoms with Gasteiger partial charge in [-0.3, -0.25) is 4.79 Å². The second kappa shape index (κ2) is 8.11. The lowest BCUT2D eigenvalue weighted by Gasteiger charge is -2.60. The summed E-state index contributed by atoms with van der Waals surface area (Å²) in [7, 11) is 0. The summed E-state index contributed by atoms with van der Waals surface area (Å²) in [5, 5.41) is 18.8. The Morgan fingerprint density at radius 3 is 2.30 bits per heavy atom. The summed E-state index contributed by atoms with van der Waals surface area (Å²) < 4.78 is 0. The van der Waals surface area contributed by atoms with Crippen molar-refractivity contribution in [3.05, 3.63) is 35.9 Å². The van der Waals surface area contributed by atoms with Crippen molar-refractivity contribution in [1.29, 1.82) is 0 Å². The number of carbonyl (C=O) groups excluding carboxylic acids is 1. The third kappa shape index (κ3) is 3.62. The lowest BCUT2D eigenvalue weighted by atomic mass is 9.45. The highest BCUT2D eigenvalue weighted by atomic mass is 16.4. The molecule has 0 saturated heterocycles. The van der Waals surface area contributed by atoms with Crippen LogP contribution in [0.15, 0.2) is 30.3 Å². The lowest BCUT2D eigenvalue weighted by Crippen LogP contribution is -2.54. The molecule has 4 aliphatic carbocycles. The summed E-state index contributed by atoms with van der Waals surface area (Å²) in [5.41, 5.74) is 0.929. The number of aliphatic hydroxyl groups is 1. The first kappa shape index (κ1) is 21.5. The van der Waals surface area contributed by atoms with Crippen molar-refractivity contribution in [3.63, 3.8) is 0 Å². The number of rotatable bonds is 1. The van der Waals surface area contributed by atoms with Crippen LogP contribution in [0, 0.1) is 34.5 Å². The van der Waals surface area contributed by atoms with Crippen LogP contribution in [0.4, 0.5) is 0 Å². The van der Waals surface area contributed by atoms with E-state index in [2.05, 4.69) is 13.8 Å². The number of carbonyl (C=O) groups is 2. The average Bonchev–Trinajstić information content (AvgIpc) is 3.04. The molecule has 2 N–H and O–H groups in total. The van der Waals surface area contributed by atoms with Gasteiger partial charge in [0.15, 0.2) is 0 Å². The zero-order valence-electron chi connectivity index (χ0n) is 18.3. The molecule has 164 valence electrons. The van der Waals surface area contributed by atoms with Gasteiger partial charge in [0.05, 0.1) is 11.7 Å². The van der Waals surface area contributed by atoms with Crippen LogP contribution in [-0.4, -0.2) is 28.1 Å². The zero-order valence-corrected chi connectivity index (χ0v) is 18.3. The van der Waals surface area contributed by atoms with E-state index in [1.54, 1.807) is 30.3 Å². The minimum absolute atomic E-state index is 0.0677. The van der Waals surface area contributed by atoms with E-state index in [1.807, 2.05) is 0 Å². The van der Waals surface area contributed by atoms with Crippen molar-refractivity contribution in [2.24, 2.45) is 34.5 Å². The molecule has 0 unspecified atom stereocenters. The Kier molecular flexibility index (Phi) is 5.82. The fourth-order valence-electron chi connectivity index (χ4n) is 7.60. The summed E-state index contributed by atoms with van der Waals surface area (Å²) >= 11 is 0. The van der Waals surface area contributed by atoms with Gasteiger partial charge in [-0.05, 0) is 91.6 Å². The Labute approximate surface area is 180 Å². The number of carboxylic acids is 1. The third-order valence-corrected chi connectivity index (χ3v) is 9.45. The molecule has 30 heavy (non-hydrogen) atoms. The summed E-state index contributed by atoms with van der Waals surface area (Å²) in [5.74, 6) is 2.64. The number of carboxylic acid groups (broad SMARTS) is 1. The van der Waals surface area contributed by atoms with Crippen molar-refractivity contribution < 1.29 is 19.8 Å². The van der Waals surface area contributed by atoms with Crippen molar-refractivity contribution >= 4 is 11.8 Å². The topological polar surface area (TPSA) is 74.6 Å². The fourth-order valence-corrected chi connectivity index (χ4v) is 7.60. The molecule has 7 atom stereocenters. The predicted molar refractivity (Wildman–Crippen MR) is 116 cm³/mol. The Bertz CT molecular complexity index is 789. The maximum absolute atomic E-state index is 11.9. The maximum atomic E-state index is 11.9.